The summed E-state index contributed by atoms with van der Waals surface area (Å²) in [7, 11) is 1.69. The van der Waals surface area contributed by atoms with E-state index in [1.807, 2.05) is 18.2 Å². The molecular formula is C17H23NO3. The van der Waals surface area contributed by atoms with Gasteiger partial charge in [-0.15, -0.1) is 0 Å². The van der Waals surface area contributed by atoms with Crippen LogP contribution >= 0.6 is 0 Å². The van der Waals surface area contributed by atoms with Crippen molar-refractivity contribution in [2.75, 3.05) is 33.5 Å². The minimum absolute atomic E-state index is 0.464. The molecule has 0 aliphatic heterocycles. The molecule has 0 unspecified atom stereocenters. The van der Waals surface area contributed by atoms with Crippen LogP contribution in [-0.4, -0.2) is 33.5 Å². The van der Waals surface area contributed by atoms with Crippen molar-refractivity contribution in [2.45, 2.75) is 13.0 Å². The molecule has 0 spiro atoms. The number of rotatable bonds is 9. The second-order valence-corrected chi connectivity index (χ2v) is 4.77. The van der Waals surface area contributed by atoms with E-state index in [4.69, 9.17) is 19.9 Å². The second-order valence-electron chi connectivity index (χ2n) is 4.77. The van der Waals surface area contributed by atoms with E-state index in [-0.39, 0.29) is 0 Å². The van der Waals surface area contributed by atoms with E-state index in [0.717, 1.165) is 29.7 Å². The Kier molecular flexibility index (Phi) is 6.47. The Balaban J connectivity index is 1.90. The van der Waals surface area contributed by atoms with Gasteiger partial charge in [0, 0.05) is 32.4 Å². The minimum Gasteiger partial charge on any atom is -0.491 e. The standard InChI is InChI=1S/C17H23NO3/c1-19-9-4-10-20-11-12-21-17-8-7-14-5-2-3-6-15(14)16(17)13-18/h2-3,5-8H,4,9-13,18H2,1H3. The zero-order valence-corrected chi connectivity index (χ0v) is 12.5. The van der Waals surface area contributed by atoms with Gasteiger partial charge in [0.25, 0.3) is 0 Å². The molecule has 0 radical (unpaired) electrons. The predicted octanol–water partition coefficient (Wildman–Crippen LogP) is 2.73. The molecular weight excluding hydrogens is 266 g/mol. The highest BCUT2D eigenvalue weighted by molar-refractivity contribution is 5.87. The van der Waals surface area contributed by atoms with Crippen molar-refractivity contribution in [3.8, 4) is 5.75 Å². The molecule has 0 aromatic heterocycles. The lowest BCUT2D eigenvalue weighted by Crippen LogP contribution is -2.10. The number of hydrogen-bond acceptors (Lipinski definition) is 4. The molecule has 2 N–H and O–H groups in total. The zero-order chi connectivity index (χ0) is 14.9. The van der Waals surface area contributed by atoms with Crippen LogP contribution in [0.2, 0.25) is 0 Å². The first-order valence-corrected chi connectivity index (χ1v) is 7.27. The van der Waals surface area contributed by atoms with Gasteiger partial charge in [0.05, 0.1) is 6.61 Å². The van der Waals surface area contributed by atoms with Crippen molar-refractivity contribution in [3.63, 3.8) is 0 Å². The molecule has 4 nitrogen and oxygen atoms in total. The van der Waals surface area contributed by atoms with E-state index in [0.29, 0.717) is 26.4 Å². The Morgan fingerprint density at radius 3 is 2.62 bits per heavy atom. The summed E-state index contributed by atoms with van der Waals surface area (Å²) < 4.78 is 16.3. The molecule has 2 aromatic carbocycles. The highest BCUT2D eigenvalue weighted by atomic mass is 16.5. The van der Waals surface area contributed by atoms with Gasteiger partial charge in [0.15, 0.2) is 0 Å². The molecule has 0 bridgehead atoms. The molecule has 0 aliphatic carbocycles. The summed E-state index contributed by atoms with van der Waals surface area (Å²) in [6, 6.07) is 12.2. The number of fused-ring (bicyclic) bond motifs is 1. The van der Waals surface area contributed by atoms with Crippen LogP contribution in [-0.2, 0) is 16.0 Å². The molecule has 2 rings (SSSR count). The summed E-state index contributed by atoms with van der Waals surface area (Å²) in [5, 5.41) is 2.33. The van der Waals surface area contributed by atoms with Crippen LogP contribution in [0.25, 0.3) is 10.8 Å². The summed E-state index contributed by atoms with van der Waals surface area (Å²) >= 11 is 0. The van der Waals surface area contributed by atoms with Crippen molar-refractivity contribution >= 4 is 10.8 Å². The molecule has 21 heavy (non-hydrogen) atoms. The molecule has 0 saturated heterocycles. The number of benzene rings is 2. The lowest BCUT2D eigenvalue weighted by atomic mass is 10.0. The molecule has 4 heteroatoms. The van der Waals surface area contributed by atoms with Crippen molar-refractivity contribution in [1.82, 2.24) is 0 Å². The average Bonchev–Trinajstić information content (AvgIpc) is 2.53. The van der Waals surface area contributed by atoms with Gasteiger partial charge in [0.1, 0.15) is 12.4 Å². The van der Waals surface area contributed by atoms with Crippen LogP contribution < -0.4 is 10.5 Å². The van der Waals surface area contributed by atoms with Crippen LogP contribution in [0.4, 0.5) is 0 Å². The maximum Gasteiger partial charge on any atom is 0.124 e. The monoisotopic (exact) mass is 289 g/mol. The molecule has 0 amide bonds. The van der Waals surface area contributed by atoms with Crippen LogP contribution in [0.5, 0.6) is 5.75 Å². The fourth-order valence-electron chi connectivity index (χ4n) is 2.28. The maximum absolute atomic E-state index is 5.88. The largest absolute Gasteiger partial charge is 0.491 e. The van der Waals surface area contributed by atoms with E-state index in [1.54, 1.807) is 7.11 Å². The van der Waals surface area contributed by atoms with Gasteiger partial charge < -0.3 is 19.9 Å². The van der Waals surface area contributed by atoms with E-state index in [2.05, 4.69) is 18.2 Å². The van der Waals surface area contributed by atoms with E-state index in [1.165, 1.54) is 5.39 Å². The first kappa shape index (κ1) is 15.8. The molecule has 0 saturated carbocycles. The third-order valence-corrected chi connectivity index (χ3v) is 3.32. The quantitative estimate of drug-likeness (QED) is 0.721. The summed E-state index contributed by atoms with van der Waals surface area (Å²) in [4.78, 5) is 0. The molecule has 0 heterocycles. The molecule has 0 fully saturated rings. The molecule has 0 aliphatic rings. The first-order valence-electron chi connectivity index (χ1n) is 7.27. The van der Waals surface area contributed by atoms with Gasteiger partial charge in [-0.3, -0.25) is 0 Å². The maximum atomic E-state index is 5.88. The molecule has 0 atom stereocenters. The lowest BCUT2D eigenvalue weighted by Gasteiger charge is -2.13. The predicted molar refractivity (Wildman–Crippen MR) is 84.6 cm³/mol. The second kappa shape index (κ2) is 8.62. The van der Waals surface area contributed by atoms with Crippen LogP contribution in [0.3, 0.4) is 0 Å². The first-order chi connectivity index (χ1) is 10.4. The van der Waals surface area contributed by atoms with Crippen molar-refractivity contribution < 1.29 is 14.2 Å². The van der Waals surface area contributed by atoms with Gasteiger partial charge in [-0.25, -0.2) is 0 Å². The summed E-state index contributed by atoms with van der Waals surface area (Å²) in [6.07, 6.45) is 0.903. The summed E-state index contributed by atoms with van der Waals surface area (Å²) in [5.74, 6) is 0.844. The Hall–Kier alpha value is -1.62. The average molecular weight is 289 g/mol. The lowest BCUT2D eigenvalue weighted by molar-refractivity contribution is 0.0805. The fourth-order valence-corrected chi connectivity index (χ4v) is 2.28. The minimum atomic E-state index is 0.464. The number of nitrogens with two attached hydrogens (primary N) is 1. The molecule has 2 aromatic rings. The number of methoxy groups -OCH3 is 1. The van der Waals surface area contributed by atoms with Crippen LogP contribution in [0.1, 0.15) is 12.0 Å². The molecule has 114 valence electrons. The van der Waals surface area contributed by atoms with Gasteiger partial charge in [-0.1, -0.05) is 30.3 Å². The SMILES string of the molecule is COCCCOCCOc1ccc2ccccc2c1CN. The van der Waals surface area contributed by atoms with Gasteiger partial charge in [0.2, 0.25) is 0 Å². The van der Waals surface area contributed by atoms with E-state index < -0.39 is 0 Å². The van der Waals surface area contributed by atoms with Gasteiger partial charge in [-0.2, -0.15) is 0 Å². The van der Waals surface area contributed by atoms with E-state index in [9.17, 15) is 0 Å². The van der Waals surface area contributed by atoms with Gasteiger partial charge in [-0.05, 0) is 23.3 Å². The van der Waals surface area contributed by atoms with Crippen molar-refractivity contribution in [1.29, 1.82) is 0 Å². The Morgan fingerprint density at radius 1 is 0.952 bits per heavy atom. The Labute approximate surface area is 125 Å². The summed E-state index contributed by atoms with van der Waals surface area (Å²) in [5.41, 5.74) is 6.93. The zero-order valence-electron chi connectivity index (χ0n) is 12.5. The number of ether oxygens (including phenoxy) is 3. The van der Waals surface area contributed by atoms with Crippen molar-refractivity contribution in [2.24, 2.45) is 5.73 Å². The third kappa shape index (κ3) is 4.43. The summed E-state index contributed by atoms with van der Waals surface area (Å²) in [6.45, 7) is 2.98. The fraction of sp³-hybridized carbons (Fsp3) is 0.412. The highest BCUT2D eigenvalue weighted by Crippen LogP contribution is 2.27. The highest BCUT2D eigenvalue weighted by Gasteiger charge is 2.07. The van der Waals surface area contributed by atoms with E-state index >= 15 is 0 Å². The van der Waals surface area contributed by atoms with Crippen LogP contribution in [0, 0.1) is 0 Å². The normalized spacial score (nSPS) is 11.0. The topological polar surface area (TPSA) is 53.7 Å². The number of hydrogen-bond donors (Lipinski definition) is 1. The Morgan fingerprint density at radius 2 is 1.81 bits per heavy atom. The Bertz CT molecular complexity index is 557. The van der Waals surface area contributed by atoms with Gasteiger partial charge >= 0.3 is 0 Å². The van der Waals surface area contributed by atoms with Crippen LogP contribution in [0.15, 0.2) is 36.4 Å². The van der Waals surface area contributed by atoms with Crippen molar-refractivity contribution in [3.05, 3.63) is 42.0 Å². The third-order valence-electron chi connectivity index (χ3n) is 3.32. The smallest absolute Gasteiger partial charge is 0.124 e.